The first kappa shape index (κ1) is 81.3. The van der Waals surface area contributed by atoms with Crippen LogP contribution < -0.4 is 22.2 Å². The number of nitrogens with one attached hydrogen (secondary N) is 3. The van der Waals surface area contributed by atoms with E-state index in [1.807, 2.05) is 6.07 Å². The van der Waals surface area contributed by atoms with Crippen LogP contribution in [0.25, 0.3) is 55.0 Å². The van der Waals surface area contributed by atoms with E-state index in [-0.39, 0.29) is 47.2 Å². The maximum Gasteiger partial charge on any atom is 0.370 e. The van der Waals surface area contributed by atoms with Crippen LogP contribution in [0.15, 0.2) is 256 Å². The Hall–Kier alpha value is -13.0. The van der Waals surface area contributed by atoms with Crippen molar-refractivity contribution in [2.24, 2.45) is 0 Å². The van der Waals surface area contributed by atoms with Crippen LogP contribution in [0.3, 0.4) is 0 Å². The Labute approximate surface area is 611 Å². The monoisotopic (exact) mass is 1530 g/mol. The number of aromatic nitrogens is 6. The van der Waals surface area contributed by atoms with Crippen LogP contribution in [0, 0.1) is 29.8 Å². The Kier molecular flexibility index (Phi) is 28.1. The molecule has 0 radical (unpaired) electrons. The molecule has 107 heavy (non-hydrogen) atoms. The van der Waals surface area contributed by atoms with Crippen molar-refractivity contribution >= 4 is 108 Å². The van der Waals surface area contributed by atoms with Crippen molar-refractivity contribution in [3.63, 3.8) is 0 Å². The Balaban J connectivity index is 0.000000244. The molecule has 2 amide bonds. The van der Waals surface area contributed by atoms with E-state index in [0.717, 1.165) is 42.4 Å². The molecule has 0 fully saturated rings. The topological polar surface area (TPSA) is 382 Å². The predicted octanol–water partition coefficient (Wildman–Crippen LogP) is 11.2. The second-order valence-electron chi connectivity index (χ2n) is 22.5. The van der Waals surface area contributed by atoms with Crippen LogP contribution in [-0.4, -0.2) is 124 Å². The van der Waals surface area contributed by atoms with E-state index in [9.17, 15) is 84.8 Å². The molecule has 0 spiro atoms. The quantitative estimate of drug-likeness (QED) is 0.0229. The van der Waals surface area contributed by atoms with E-state index in [0.29, 0.717) is 61.5 Å². The molecule has 0 unspecified atom stereocenters. The van der Waals surface area contributed by atoms with Gasteiger partial charge in [-0.15, -0.1) is 0 Å². The van der Waals surface area contributed by atoms with Crippen LogP contribution >= 0.6 is 0 Å². The van der Waals surface area contributed by atoms with Gasteiger partial charge in [0, 0.05) is 118 Å². The fourth-order valence-corrected chi connectivity index (χ4v) is 13.0. The largest absolute Gasteiger partial charge is 0.398 e. The zero-order valence-corrected chi connectivity index (χ0v) is 59.4. The lowest BCUT2D eigenvalue weighted by Crippen LogP contribution is -2.23. The predicted molar refractivity (Wildman–Crippen MR) is 400 cm³/mol. The number of nitrogen functional groups attached to an aromatic ring is 1. The number of pyridine rings is 2. The Bertz CT molecular complexity index is 5970. The van der Waals surface area contributed by atoms with Crippen molar-refractivity contribution in [2.75, 3.05) is 41.3 Å². The van der Waals surface area contributed by atoms with Crippen molar-refractivity contribution in [3.05, 3.63) is 326 Å². The van der Waals surface area contributed by atoms with Gasteiger partial charge in [0.05, 0.1) is 17.8 Å². The molecule has 4 heterocycles. The van der Waals surface area contributed by atoms with E-state index in [4.69, 9.17) is 12.3 Å². The van der Waals surface area contributed by atoms with E-state index in [2.05, 4.69) is 40.1 Å². The summed E-state index contributed by atoms with van der Waals surface area (Å²) >= 11 is 0. The molecule has 0 bridgehead atoms. The summed E-state index contributed by atoms with van der Waals surface area (Å²) < 4.78 is 147. The molecule has 0 atom stereocenters. The molecule has 24 nitrogen and oxygen atoms in total. The molecule has 12 aromatic rings. The lowest BCUT2D eigenvalue weighted by atomic mass is 10.0. The number of benzene rings is 8. The number of hydrogen-bond donors (Lipinski definition) is 4. The van der Waals surface area contributed by atoms with Gasteiger partial charge in [0.25, 0.3) is 11.1 Å². The van der Waals surface area contributed by atoms with Crippen molar-refractivity contribution in [3.8, 4) is 22.3 Å². The number of halogens is 4. The summed E-state index contributed by atoms with van der Waals surface area (Å²) in [4.78, 5) is 103. The third-order valence-corrected chi connectivity index (χ3v) is 18.3. The van der Waals surface area contributed by atoms with Gasteiger partial charge in [0.15, 0.2) is 37.5 Å². The number of hydrogen-bond acceptors (Lipinski definition) is 20. The van der Waals surface area contributed by atoms with Crippen molar-refractivity contribution in [1.29, 1.82) is 0 Å². The summed E-state index contributed by atoms with van der Waals surface area (Å²) in [6.45, 7) is 6.10. The minimum absolute atomic E-state index is 0. The molecule has 0 saturated carbocycles. The fraction of sp³-hybridized carbons (Fsp3) is 0.0667. The minimum atomic E-state index is -4.17. The minimum Gasteiger partial charge on any atom is -0.398 e. The van der Waals surface area contributed by atoms with Gasteiger partial charge < -0.3 is 25.8 Å². The first-order chi connectivity index (χ1) is 50.7. The lowest BCUT2D eigenvalue weighted by molar-refractivity contribution is -0.114. The van der Waals surface area contributed by atoms with Gasteiger partial charge in [-0.2, -0.15) is 4.85 Å². The number of nitrogens with two attached hydrogens (primary N) is 1. The average Bonchev–Trinajstić information content (AvgIpc) is 0.751. The summed E-state index contributed by atoms with van der Waals surface area (Å²) in [7, 11) is -14.8. The lowest BCUT2D eigenvalue weighted by Gasteiger charge is -2.12. The van der Waals surface area contributed by atoms with Crippen LogP contribution in [0.4, 0.5) is 28.9 Å². The van der Waals surface area contributed by atoms with Gasteiger partial charge in [-0.25, -0.2) is 71.2 Å². The van der Waals surface area contributed by atoms with E-state index in [1.165, 1.54) is 98.1 Å². The number of carbonyl (C=O) groups is 5. The van der Waals surface area contributed by atoms with Crippen molar-refractivity contribution < 1.29 is 78.1 Å². The van der Waals surface area contributed by atoms with Crippen molar-refractivity contribution in [1.82, 2.24) is 29.9 Å². The molecule has 0 saturated heterocycles. The second-order valence-corrected chi connectivity index (χ2v) is 30.5. The molecule has 8 aromatic carbocycles. The number of amides is 2. The highest BCUT2D eigenvalue weighted by Crippen LogP contribution is 2.35. The molecule has 32 heteroatoms. The summed E-state index contributed by atoms with van der Waals surface area (Å²) in [5, 5.41) is 3.91. The van der Waals surface area contributed by atoms with Crippen LogP contribution in [0.5, 0.6) is 0 Å². The third-order valence-electron chi connectivity index (χ3n) is 14.1. The molecular weight excluding hydrogens is 1470 g/mol. The zero-order chi connectivity index (χ0) is 78.2. The molecule has 0 aliphatic carbocycles. The Morgan fingerprint density at radius 2 is 0.907 bits per heavy atom. The molecule has 0 aliphatic rings. The molecule has 0 aliphatic heterocycles. The third kappa shape index (κ3) is 24.1. The molecule has 5 N–H and O–H groups in total. The smallest absolute Gasteiger partial charge is 0.370 e. The number of sulfone groups is 4. The first-order valence-electron chi connectivity index (χ1n) is 30.7. The highest BCUT2D eigenvalue weighted by Gasteiger charge is 2.26. The van der Waals surface area contributed by atoms with Gasteiger partial charge in [-0.1, -0.05) is 121 Å². The highest BCUT2D eigenvalue weighted by atomic mass is 32.2. The summed E-state index contributed by atoms with van der Waals surface area (Å²) in [5.74, 6) is -5.99. The Morgan fingerprint density at radius 3 is 1.33 bits per heavy atom. The normalized spacial score (nSPS) is 11.0. The molecule has 550 valence electrons. The number of H-pyrrole nitrogens is 2. The number of carbonyl (C=O) groups excluding carboxylic acids is 5. The van der Waals surface area contributed by atoms with Gasteiger partial charge in [-0.3, -0.25) is 28.8 Å². The first-order valence-corrected chi connectivity index (χ1v) is 38.2. The van der Waals surface area contributed by atoms with Gasteiger partial charge in [-0.05, 0) is 90.0 Å². The average molecular weight is 1530 g/mol. The number of rotatable bonds is 16. The number of fused-ring (bicyclic) bond motifs is 2. The summed E-state index contributed by atoms with van der Waals surface area (Å²) in [5.41, 5.74) is 8.59. The van der Waals surface area contributed by atoms with Crippen molar-refractivity contribution in [2.45, 2.75) is 9.79 Å². The Morgan fingerprint density at radius 1 is 0.514 bits per heavy atom. The van der Waals surface area contributed by atoms with Crippen LogP contribution in [0.1, 0.15) is 50.6 Å². The number of ketones is 2. The van der Waals surface area contributed by atoms with Crippen LogP contribution in [-0.2, 0) is 48.9 Å². The SMILES string of the molecule is CS(=O)(=O)CC(=O)Nc1ccc(F)cc1C(=O)c1ccccc1.CS(=O)(=O)c1c(-c2ccccc2)c2cc(F)ccc2[nH]c1=O.Nc1ccc(F)cc1C(=O)c1ccccc1.O=Cc1cncnc1.O=c1[nH]c2ccc(F)cc2c(-c2ccccc2)c1S(=O)(=O)/C=C/c1cncnc1.[C-]#[N+]C(=O)CS(C)(=O)=O.[HH].[HH]. The number of aromatic amines is 2. The van der Waals surface area contributed by atoms with Gasteiger partial charge in [0.2, 0.25) is 15.7 Å². The summed E-state index contributed by atoms with van der Waals surface area (Å²) in [6, 6.07) is 48.8. The summed E-state index contributed by atoms with van der Waals surface area (Å²) in [6.07, 6.45) is 13.3. The maximum absolute atomic E-state index is 14.0. The number of anilines is 2. The highest BCUT2D eigenvalue weighted by molar-refractivity contribution is 7.94. The van der Waals surface area contributed by atoms with Gasteiger partial charge in [0.1, 0.15) is 67.1 Å². The van der Waals surface area contributed by atoms with Gasteiger partial charge >= 0.3 is 5.91 Å². The van der Waals surface area contributed by atoms with E-state index >= 15 is 0 Å². The van der Waals surface area contributed by atoms with E-state index in [1.54, 1.807) is 115 Å². The van der Waals surface area contributed by atoms with E-state index < -0.39 is 108 Å². The van der Waals surface area contributed by atoms with Crippen LogP contribution in [0.2, 0.25) is 0 Å². The molecule has 4 aromatic heterocycles. The standard InChI is InChI=1S/C21H14FN3O3S.C16H14FNO4S.C16H12FNO3S.C13H10FNO.C5H4N2O.C4H5NO3S.2H2/c22-16-6-7-18-17(10-16)19(15-4-2-1-3-5-15)20(21(26)25-18)29(27,28)9-8-14-11-23-13-24-12-14;1-23(21,22)10-15(19)18-14-8-7-12(17)9-13(14)16(20)11-5-3-2-4-6-11;1-22(20,21)15-14(10-5-3-2-4-6-10)12-9-11(17)7-8-13(12)18-16(15)19;14-10-6-7-12(15)11(8-10)13(16)9-4-2-1-3-5-9;8-3-5-1-6-4-7-2-5;1-5-4(6)3-9(2,7)8;;/h1-13H,(H,25,26);2-9H,10H2,1H3,(H,18,19);2-9H,1H3,(H,18,19);1-8H,15H2;1-4H;3H2,2H3;2*1H/b9-8+;;;;;;;. The maximum atomic E-state index is 14.0. The fourth-order valence-electron chi connectivity index (χ4n) is 9.62. The molecule has 12 rings (SSSR count). The number of nitrogens with zero attached hydrogens (tertiary/aromatic N) is 5. The zero-order valence-electron chi connectivity index (χ0n) is 56.2. The number of aldehydes is 1. The molecular formula is C75H63F4N9O15S4. The second kappa shape index (κ2) is 37.0.